The Kier molecular flexibility index (Phi) is 8.74. The molecule has 0 aliphatic rings. The van der Waals surface area contributed by atoms with E-state index in [-0.39, 0.29) is 0 Å². The fourth-order valence-electron chi connectivity index (χ4n) is 0.838. The van der Waals surface area contributed by atoms with Crippen LogP contribution in [0.25, 0.3) is 0 Å². The van der Waals surface area contributed by atoms with Gasteiger partial charge in [0.2, 0.25) is 0 Å². The molecule has 2 nitrogen and oxygen atoms in total. The van der Waals surface area contributed by atoms with Crippen molar-refractivity contribution in [1.29, 1.82) is 5.26 Å². The van der Waals surface area contributed by atoms with E-state index in [9.17, 15) is 0 Å². The van der Waals surface area contributed by atoms with Crippen LogP contribution in [-0.4, -0.2) is 37.0 Å². The molecule has 12 heavy (non-hydrogen) atoms. The Morgan fingerprint density at radius 3 is 2.50 bits per heavy atom. The van der Waals surface area contributed by atoms with Gasteiger partial charge in [0, 0.05) is 6.42 Å². The van der Waals surface area contributed by atoms with Crippen LogP contribution in [0.4, 0.5) is 0 Å². The molecule has 0 rings (SSSR count). The normalized spacial score (nSPS) is 10.2. The second-order valence-electron chi connectivity index (χ2n) is 3.03. The van der Waals surface area contributed by atoms with Gasteiger partial charge in [-0.2, -0.15) is 17.0 Å². The van der Waals surface area contributed by atoms with Crippen LogP contribution >= 0.6 is 11.8 Å². The highest BCUT2D eigenvalue weighted by Gasteiger charge is 1.91. The molecular weight excluding hydrogens is 168 g/mol. The highest BCUT2D eigenvalue weighted by molar-refractivity contribution is 7.99. The molecule has 0 aromatic carbocycles. The zero-order valence-corrected chi connectivity index (χ0v) is 8.86. The van der Waals surface area contributed by atoms with E-state index in [1.165, 1.54) is 18.7 Å². The number of thioether (sulfide) groups is 1. The molecule has 0 unspecified atom stereocenters. The maximum absolute atomic E-state index is 8.28. The van der Waals surface area contributed by atoms with E-state index in [4.69, 9.17) is 5.26 Å². The van der Waals surface area contributed by atoms with Gasteiger partial charge in [0.15, 0.2) is 0 Å². The van der Waals surface area contributed by atoms with Crippen LogP contribution in [0.2, 0.25) is 0 Å². The second-order valence-corrected chi connectivity index (χ2v) is 4.26. The maximum Gasteiger partial charge on any atom is 0.0622 e. The molecule has 0 atom stereocenters. The maximum atomic E-state index is 8.28. The van der Waals surface area contributed by atoms with Crippen molar-refractivity contribution >= 4 is 11.8 Å². The van der Waals surface area contributed by atoms with Crippen molar-refractivity contribution in [2.45, 2.75) is 19.3 Å². The predicted octanol–water partition coefficient (Wildman–Crippen LogP) is 1.98. The number of unbranched alkanes of at least 4 members (excludes halogenated alkanes) is 1. The van der Waals surface area contributed by atoms with Crippen LogP contribution in [0.5, 0.6) is 0 Å². The third-order valence-corrected chi connectivity index (χ3v) is 2.63. The molecule has 0 saturated heterocycles. The SMILES string of the molecule is CN(C)CCCSCCCC#N. The van der Waals surface area contributed by atoms with Gasteiger partial charge < -0.3 is 4.90 Å². The lowest BCUT2D eigenvalue weighted by Crippen LogP contribution is -2.13. The highest BCUT2D eigenvalue weighted by atomic mass is 32.2. The van der Waals surface area contributed by atoms with Gasteiger partial charge >= 0.3 is 0 Å². The van der Waals surface area contributed by atoms with Crippen LogP contribution in [0, 0.1) is 11.3 Å². The van der Waals surface area contributed by atoms with Crippen LogP contribution in [0.1, 0.15) is 19.3 Å². The van der Waals surface area contributed by atoms with Crippen molar-refractivity contribution in [1.82, 2.24) is 4.90 Å². The van der Waals surface area contributed by atoms with Crippen molar-refractivity contribution in [2.24, 2.45) is 0 Å². The number of hydrogen-bond acceptors (Lipinski definition) is 3. The minimum absolute atomic E-state index is 0.709. The molecule has 0 aromatic rings. The lowest BCUT2D eigenvalue weighted by molar-refractivity contribution is 0.410. The molecule has 0 heterocycles. The Labute approximate surface area is 79.9 Å². The number of rotatable bonds is 7. The van der Waals surface area contributed by atoms with E-state index < -0.39 is 0 Å². The molecule has 70 valence electrons. The molecule has 0 fully saturated rings. The lowest BCUT2D eigenvalue weighted by Gasteiger charge is -2.07. The fourth-order valence-corrected chi connectivity index (χ4v) is 1.72. The molecule has 0 amide bonds. The first-order valence-corrected chi connectivity index (χ1v) is 5.52. The van der Waals surface area contributed by atoms with E-state index in [1.807, 2.05) is 11.8 Å². The summed E-state index contributed by atoms with van der Waals surface area (Å²) in [4.78, 5) is 2.20. The molecular formula is C9H18N2S. The van der Waals surface area contributed by atoms with Crippen molar-refractivity contribution in [2.75, 3.05) is 32.1 Å². The van der Waals surface area contributed by atoms with Crippen LogP contribution in [-0.2, 0) is 0 Å². The van der Waals surface area contributed by atoms with Crippen LogP contribution in [0.15, 0.2) is 0 Å². The fraction of sp³-hybridized carbons (Fsp3) is 0.889. The summed E-state index contributed by atoms with van der Waals surface area (Å²) in [6, 6.07) is 2.16. The minimum atomic E-state index is 0.709. The molecule has 0 saturated carbocycles. The van der Waals surface area contributed by atoms with E-state index in [0.29, 0.717) is 6.42 Å². The summed E-state index contributed by atoms with van der Waals surface area (Å²) in [5, 5.41) is 8.28. The summed E-state index contributed by atoms with van der Waals surface area (Å²) < 4.78 is 0. The average Bonchev–Trinajstić information content (AvgIpc) is 2.02. The minimum Gasteiger partial charge on any atom is -0.309 e. The Morgan fingerprint density at radius 2 is 1.92 bits per heavy atom. The molecule has 0 radical (unpaired) electrons. The Morgan fingerprint density at radius 1 is 1.25 bits per heavy atom. The molecule has 0 bridgehead atoms. The van der Waals surface area contributed by atoms with Crippen LogP contribution < -0.4 is 0 Å². The standard InChI is InChI=1S/C9H18N2S/c1-11(2)7-5-9-12-8-4-3-6-10/h3-5,7-9H2,1-2H3. The summed E-state index contributed by atoms with van der Waals surface area (Å²) in [5.41, 5.74) is 0. The molecule has 0 aliphatic carbocycles. The van der Waals surface area contributed by atoms with Crippen molar-refractivity contribution in [3.8, 4) is 6.07 Å². The Balaban J connectivity index is 2.87. The van der Waals surface area contributed by atoms with Gasteiger partial charge in [0.25, 0.3) is 0 Å². The van der Waals surface area contributed by atoms with Gasteiger partial charge in [-0.3, -0.25) is 0 Å². The van der Waals surface area contributed by atoms with Gasteiger partial charge in [0.05, 0.1) is 6.07 Å². The first-order chi connectivity index (χ1) is 5.77. The summed E-state index contributed by atoms with van der Waals surface area (Å²) >= 11 is 1.96. The topological polar surface area (TPSA) is 27.0 Å². The molecule has 0 aliphatic heterocycles. The van der Waals surface area contributed by atoms with Gasteiger partial charge in [-0.1, -0.05) is 0 Å². The molecule has 3 heteroatoms. The van der Waals surface area contributed by atoms with Crippen molar-refractivity contribution < 1.29 is 0 Å². The summed E-state index contributed by atoms with van der Waals surface area (Å²) in [6.07, 6.45) is 3.01. The Bertz CT molecular complexity index is 129. The van der Waals surface area contributed by atoms with Gasteiger partial charge in [-0.15, -0.1) is 0 Å². The smallest absolute Gasteiger partial charge is 0.0622 e. The molecule has 0 N–H and O–H groups in total. The van der Waals surface area contributed by atoms with E-state index in [2.05, 4.69) is 25.1 Å². The predicted molar refractivity (Wildman–Crippen MR) is 55.3 cm³/mol. The summed E-state index contributed by atoms with van der Waals surface area (Å²) in [5.74, 6) is 2.37. The Hall–Kier alpha value is -0.200. The summed E-state index contributed by atoms with van der Waals surface area (Å²) in [6.45, 7) is 1.17. The number of nitrogens with zero attached hydrogens (tertiary/aromatic N) is 2. The first-order valence-electron chi connectivity index (χ1n) is 4.37. The van der Waals surface area contributed by atoms with E-state index >= 15 is 0 Å². The zero-order valence-electron chi connectivity index (χ0n) is 8.05. The monoisotopic (exact) mass is 186 g/mol. The number of hydrogen-bond donors (Lipinski definition) is 0. The lowest BCUT2D eigenvalue weighted by atomic mass is 10.4. The highest BCUT2D eigenvalue weighted by Crippen LogP contribution is 2.05. The van der Waals surface area contributed by atoms with Crippen molar-refractivity contribution in [3.05, 3.63) is 0 Å². The van der Waals surface area contributed by atoms with Gasteiger partial charge in [-0.05, 0) is 45.0 Å². The third kappa shape index (κ3) is 9.80. The largest absolute Gasteiger partial charge is 0.309 e. The van der Waals surface area contributed by atoms with Crippen LogP contribution in [0.3, 0.4) is 0 Å². The van der Waals surface area contributed by atoms with Crippen molar-refractivity contribution in [3.63, 3.8) is 0 Å². The summed E-state index contributed by atoms with van der Waals surface area (Å²) in [7, 11) is 4.20. The molecule has 0 aromatic heterocycles. The zero-order chi connectivity index (χ0) is 9.23. The average molecular weight is 186 g/mol. The third-order valence-electron chi connectivity index (χ3n) is 1.47. The van der Waals surface area contributed by atoms with Gasteiger partial charge in [-0.25, -0.2) is 0 Å². The quantitative estimate of drug-likeness (QED) is 0.569. The van der Waals surface area contributed by atoms with E-state index in [0.717, 1.165) is 12.2 Å². The first kappa shape index (κ1) is 11.8. The van der Waals surface area contributed by atoms with Gasteiger partial charge in [0.1, 0.15) is 0 Å². The number of nitriles is 1. The molecule has 0 spiro atoms. The van der Waals surface area contributed by atoms with E-state index in [1.54, 1.807) is 0 Å². The second kappa shape index (κ2) is 8.89.